The first kappa shape index (κ1) is 10.5. The number of carboxylic acid groups (broad SMARTS) is 1. The number of benzene rings is 2. The summed E-state index contributed by atoms with van der Waals surface area (Å²) in [6.45, 7) is 2.05. The van der Waals surface area contributed by atoms with Crippen LogP contribution in [0.3, 0.4) is 0 Å². The van der Waals surface area contributed by atoms with Gasteiger partial charge >= 0.3 is 5.97 Å². The Morgan fingerprint density at radius 1 is 1.19 bits per heavy atom. The number of fused-ring (bicyclic) bond motifs is 1. The fourth-order valence-electron chi connectivity index (χ4n) is 1.73. The Bertz CT molecular complexity index is 558. The van der Waals surface area contributed by atoms with Gasteiger partial charge in [-0.05, 0) is 34.9 Å². The molecule has 2 rings (SSSR count). The van der Waals surface area contributed by atoms with Crippen molar-refractivity contribution in [1.29, 1.82) is 0 Å². The molecule has 2 aromatic carbocycles. The lowest BCUT2D eigenvalue weighted by molar-refractivity contribution is 0.0694. The van der Waals surface area contributed by atoms with Gasteiger partial charge in [-0.25, -0.2) is 4.79 Å². The first-order chi connectivity index (χ1) is 7.61. The van der Waals surface area contributed by atoms with Crippen LogP contribution in [0.4, 0.5) is 0 Å². The summed E-state index contributed by atoms with van der Waals surface area (Å²) in [5.74, 6) is -1.30. The van der Waals surface area contributed by atoms with E-state index in [1.807, 2.05) is 25.1 Å². The van der Waals surface area contributed by atoms with Crippen LogP contribution in [-0.4, -0.2) is 16.2 Å². The Kier molecular flexibility index (Phi) is 2.52. The van der Waals surface area contributed by atoms with Crippen LogP contribution in [0.1, 0.15) is 22.8 Å². The second-order valence-electron chi connectivity index (χ2n) is 3.71. The van der Waals surface area contributed by atoms with Crippen LogP contribution in [0.5, 0.6) is 5.75 Å². The second-order valence-corrected chi connectivity index (χ2v) is 3.71. The first-order valence-corrected chi connectivity index (χ1v) is 5.10. The lowest BCUT2D eigenvalue weighted by atomic mass is 10.0. The molecule has 16 heavy (non-hydrogen) atoms. The maximum atomic E-state index is 10.8. The molecule has 0 fully saturated rings. The van der Waals surface area contributed by atoms with E-state index in [1.54, 1.807) is 0 Å². The van der Waals surface area contributed by atoms with Crippen molar-refractivity contribution in [1.82, 2.24) is 0 Å². The van der Waals surface area contributed by atoms with Gasteiger partial charge in [0, 0.05) is 0 Å². The number of phenols is 1. The van der Waals surface area contributed by atoms with Gasteiger partial charge < -0.3 is 10.2 Å². The Morgan fingerprint density at radius 2 is 1.94 bits per heavy atom. The molecule has 0 spiro atoms. The average Bonchev–Trinajstić information content (AvgIpc) is 2.27. The zero-order valence-electron chi connectivity index (χ0n) is 8.90. The highest BCUT2D eigenvalue weighted by Crippen LogP contribution is 2.26. The summed E-state index contributed by atoms with van der Waals surface area (Å²) in [7, 11) is 0. The Hall–Kier alpha value is -2.03. The summed E-state index contributed by atoms with van der Waals surface area (Å²) in [5.41, 5.74) is 1.10. The molecule has 2 N–H and O–H groups in total. The minimum atomic E-state index is -1.11. The van der Waals surface area contributed by atoms with Gasteiger partial charge in [0.1, 0.15) is 11.3 Å². The van der Waals surface area contributed by atoms with Crippen LogP contribution in [0.2, 0.25) is 0 Å². The smallest absolute Gasteiger partial charge is 0.339 e. The summed E-state index contributed by atoms with van der Waals surface area (Å²) in [6.07, 6.45) is 0.914. The molecule has 3 heteroatoms. The number of aromatic hydroxyl groups is 1. The van der Waals surface area contributed by atoms with E-state index < -0.39 is 5.97 Å². The molecule has 3 nitrogen and oxygen atoms in total. The average molecular weight is 216 g/mol. The lowest BCUT2D eigenvalue weighted by Crippen LogP contribution is -1.96. The van der Waals surface area contributed by atoms with Crippen molar-refractivity contribution in [2.24, 2.45) is 0 Å². The summed E-state index contributed by atoms with van der Waals surface area (Å²) in [6, 6.07) is 8.79. The van der Waals surface area contributed by atoms with Crippen LogP contribution >= 0.6 is 0 Å². The van der Waals surface area contributed by atoms with Gasteiger partial charge in [0.05, 0.1) is 0 Å². The molecule has 0 saturated heterocycles. The number of aryl methyl sites for hydroxylation is 1. The van der Waals surface area contributed by atoms with Gasteiger partial charge in [-0.15, -0.1) is 0 Å². The minimum absolute atomic E-state index is 0.0586. The normalized spacial score (nSPS) is 10.6. The SMILES string of the molecule is CCc1ccc2cc(C(=O)O)c(O)cc2c1. The van der Waals surface area contributed by atoms with E-state index in [9.17, 15) is 9.90 Å². The van der Waals surface area contributed by atoms with Gasteiger partial charge in [0.2, 0.25) is 0 Å². The van der Waals surface area contributed by atoms with Crippen molar-refractivity contribution in [2.75, 3.05) is 0 Å². The number of aromatic carboxylic acids is 1. The van der Waals surface area contributed by atoms with Gasteiger partial charge in [-0.2, -0.15) is 0 Å². The molecule has 82 valence electrons. The van der Waals surface area contributed by atoms with Gasteiger partial charge in [-0.3, -0.25) is 0 Å². The molecule has 0 saturated carbocycles. The van der Waals surface area contributed by atoms with E-state index in [0.717, 1.165) is 22.8 Å². The molecule has 0 aliphatic rings. The topological polar surface area (TPSA) is 57.5 Å². The van der Waals surface area contributed by atoms with Crippen molar-refractivity contribution in [3.63, 3.8) is 0 Å². The molecule has 0 aliphatic carbocycles. The van der Waals surface area contributed by atoms with Crippen molar-refractivity contribution in [2.45, 2.75) is 13.3 Å². The van der Waals surface area contributed by atoms with Crippen LogP contribution in [0.15, 0.2) is 30.3 Å². The lowest BCUT2D eigenvalue weighted by Gasteiger charge is -2.05. The fraction of sp³-hybridized carbons (Fsp3) is 0.154. The highest BCUT2D eigenvalue weighted by molar-refractivity contribution is 5.97. The van der Waals surface area contributed by atoms with Gasteiger partial charge in [0.15, 0.2) is 0 Å². The van der Waals surface area contributed by atoms with E-state index in [0.29, 0.717) is 0 Å². The highest BCUT2D eigenvalue weighted by Gasteiger charge is 2.10. The van der Waals surface area contributed by atoms with E-state index >= 15 is 0 Å². The van der Waals surface area contributed by atoms with E-state index in [4.69, 9.17) is 5.11 Å². The fourth-order valence-corrected chi connectivity index (χ4v) is 1.73. The standard InChI is InChI=1S/C13H12O3/c1-2-8-3-4-9-6-11(13(15)16)12(14)7-10(9)5-8/h3-7,14H,2H2,1H3,(H,15,16). The van der Waals surface area contributed by atoms with Crippen LogP contribution in [0.25, 0.3) is 10.8 Å². The molecular formula is C13H12O3. The van der Waals surface area contributed by atoms with E-state index in [2.05, 4.69) is 0 Å². The molecule has 0 unspecified atom stereocenters. The van der Waals surface area contributed by atoms with Crippen LogP contribution < -0.4 is 0 Å². The largest absolute Gasteiger partial charge is 0.507 e. The van der Waals surface area contributed by atoms with Crippen molar-refractivity contribution in [3.05, 3.63) is 41.5 Å². The number of carbonyl (C=O) groups is 1. The van der Waals surface area contributed by atoms with Gasteiger partial charge in [-0.1, -0.05) is 25.1 Å². The molecule has 2 aromatic rings. The van der Waals surface area contributed by atoms with Crippen LogP contribution in [-0.2, 0) is 6.42 Å². The molecule has 0 radical (unpaired) electrons. The zero-order chi connectivity index (χ0) is 11.7. The highest BCUT2D eigenvalue weighted by atomic mass is 16.4. The van der Waals surface area contributed by atoms with E-state index in [1.165, 1.54) is 12.1 Å². The van der Waals surface area contributed by atoms with E-state index in [-0.39, 0.29) is 11.3 Å². The predicted molar refractivity (Wildman–Crippen MR) is 62.0 cm³/mol. The molecule has 0 amide bonds. The van der Waals surface area contributed by atoms with Gasteiger partial charge in [0.25, 0.3) is 0 Å². The second kappa shape index (κ2) is 3.85. The Labute approximate surface area is 93.0 Å². The summed E-state index contributed by atoms with van der Waals surface area (Å²) >= 11 is 0. The third-order valence-electron chi connectivity index (χ3n) is 2.66. The van der Waals surface area contributed by atoms with Crippen molar-refractivity contribution >= 4 is 16.7 Å². The third kappa shape index (κ3) is 1.72. The third-order valence-corrected chi connectivity index (χ3v) is 2.66. The molecule has 0 aliphatic heterocycles. The monoisotopic (exact) mass is 216 g/mol. The Morgan fingerprint density at radius 3 is 2.56 bits per heavy atom. The summed E-state index contributed by atoms with van der Waals surface area (Å²) in [5, 5.41) is 20.1. The minimum Gasteiger partial charge on any atom is -0.507 e. The zero-order valence-corrected chi connectivity index (χ0v) is 8.90. The maximum Gasteiger partial charge on any atom is 0.339 e. The first-order valence-electron chi connectivity index (χ1n) is 5.10. The van der Waals surface area contributed by atoms with Crippen molar-refractivity contribution in [3.8, 4) is 5.75 Å². The Balaban J connectivity index is 2.68. The molecule has 0 aromatic heterocycles. The molecule has 0 heterocycles. The van der Waals surface area contributed by atoms with Crippen LogP contribution in [0, 0.1) is 0 Å². The number of hydrogen-bond donors (Lipinski definition) is 2. The molecular weight excluding hydrogens is 204 g/mol. The number of carboxylic acids is 1. The number of rotatable bonds is 2. The molecule has 0 bridgehead atoms. The number of hydrogen-bond acceptors (Lipinski definition) is 2. The predicted octanol–water partition coefficient (Wildman–Crippen LogP) is 2.81. The summed E-state index contributed by atoms with van der Waals surface area (Å²) < 4.78 is 0. The molecule has 0 atom stereocenters. The van der Waals surface area contributed by atoms with Crippen molar-refractivity contribution < 1.29 is 15.0 Å². The maximum absolute atomic E-state index is 10.8. The summed E-state index contributed by atoms with van der Waals surface area (Å²) in [4.78, 5) is 10.8. The quantitative estimate of drug-likeness (QED) is 0.811.